The van der Waals surface area contributed by atoms with Crippen LogP contribution in [0.3, 0.4) is 0 Å². The predicted octanol–water partition coefficient (Wildman–Crippen LogP) is 2.46. The average molecular weight is 347 g/mol. The lowest BCUT2D eigenvalue weighted by atomic mass is 9.77. The molecular formula is C18H23ClN4O. The third kappa shape index (κ3) is 2.88. The number of aromatic amines is 1. The smallest absolute Gasteiger partial charge is 0.227 e. The monoisotopic (exact) mass is 346 g/mol. The second-order valence-electron chi connectivity index (χ2n) is 6.89. The number of hydrogen-bond acceptors (Lipinski definition) is 3. The second kappa shape index (κ2) is 6.48. The minimum atomic E-state index is 0. The van der Waals surface area contributed by atoms with Gasteiger partial charge in [0.1, 0.15) is 0 Å². The normalized spacial score (nSPS) is 22.2. The number of aromatic nitrogens is 2. The zero-order chi connectivity index (χ0) is 15.9. The van der Waals surface area contributed by atoms with Crippen molar-refractivity contribution in [2.45, 2.75) is 37.5 Å². The van der Waals surface area contributed by atoms with Crippen molar-refractivity contribution < 1.29 is 4.79 Å². The van der Waals surface area contributed by atoms with Gasteiger partial charge in [-0.3, -0.25) is 9.89 Å². The first kappa shape index (κ1) is 16.8. The van der Waals surface area contributed by atoms with E-state index in [1.807, 2.05) is 35.4 Å². The minimum absolute atomic E-state index is 0. The molecule has 2 aliphatic rings. The number of carbonyl (C=O) groups is 1. The number of anilines is 1. The second-order valence-corrected chi connectivity index (χ2v) is 6.89. The van der Waals surface area contributed by atoms with Gasteiger partial charge < -0.3 is 10.6 Å². The molecule has 1 amide bonds. The number of amides is 1. The van der Waals surface area contributed by atoms with Gasteiger partial charge in [0.05, 0.1) is 12.6 Å². The highest BCUT2D eigenvalue weighted by atomic mass is 35.5. The molecule has 1 aliphatic heterocycles. The molecule has 1 atom stereocenters. The molecule has 3 N–H and O–H groups in total. The Morgan fingerprint density at radius 1 is 1.29 bits per heavy atom. The van der Waals surface area contributed by atoms with Crippen LogP contribution in [0, 0.1) is 0 Å². The maximum absolute atomic E-state index is 12.7. The Bertz CT molecular complexity index is 727. The fourth-order valence-corrected chi connectivity index (χ4v) is 4.13. The van der Waals surface area contributed by atoms with Gasteiger partial charge in [0.25, 0.3) is 0 Å². The number of piperidine rings is 1. The van der Waals surface area contributed by atoms with Crippen molar-refractivity contribution in [2.75, 3.05) is 18.8 Å². The molecule has 2 aromatic rings. The summed E-state index contributed by atoms with van der Waals surface area (Å²) in [5, 5.41) is 7.39. The molecule has 0 saturated carbocycles. The lowest BCUT2D eigenvalue weighted by Crippen LogP contribution is -2.48. The van der Waals surface area contributed by atoms with Gasteiger partial charge in [0.2, 0.25) is 5.91 Å². The van der Waals surface area contributed by atoms with Crippen LogP contribution >= 0.6 is 12.4 Å². The number of nitrogens with one attached hydrogen (secondary N) is 1. The van der Waals surface area contributed by atoms with Crippen LogP contribution in [0.2, 0.25) is 0 Å². The first-order chi connectivity index (χ1) is 11.2. The van der Waals surface area contributed by atoms with Gasteiger partial charge in [-0.15, -0.1) is 12.4 Å². The molecule has 6 heteroatoms. The Hall–Kier alpha value is -2.01. The first-order valence-electron chi connectivity index (χ1n) is 8.31. The standard InChI is InChI=1S/C18H22N4O.ClH/c19-15-4-2-13(3-5-15)10-16(23)22-9-1-7-18(12-22)8-6-14-11-20-21-17(14)18;/h2-5,11H,1,6-10,12,19H2,(H,20,21);1H. The molecule has 4 rings (SSSR count). The number of nitrogens with two attached hydrogens (primary N) is 1. The van der Waals surface area contributed by atoms with Crippen molar-refractivity contribution in [3.8, 4) is 0 Å². The Morgan fingerprint density at radius 2 is 2.08 bits per heavy atom. The number of aryl methyl sites for hydroxylation is 1. The lowest BCUT2D eigenvalue weighted by Gasteiger charge is -2.40. The lowest BCUT2D eigenvalue weighted by molar-refractivity contribution is -0.132. The Morgan fingerprint density at radius 3 is 2.88 bits per heavy atom. The van der Waals surface area contributed by atoms with Gasteiger partial charge in [-0.2, -0.15) is 5.10 Å². The Labute approximate surface area is 148 Å². The quantitative estimate of drug-likeness (QED) is 0.820. The van der Waals surface area contributed by atoms with Gasteiger partial charge in [-0.1, -0.05) is 12.1 Å². The van der Waals surface area contributed by atoms with Crippen molar-refractivity contribution in [2.24, 2.45) is 0 Å². The molecule has 1 unspecified atom stereocenters. The van der Waals surface area contributed by atoms with E-state index in [9.17, 15) is 4.79 Å². The zero-order valence-electron chi connectivity index (χ0n) is 13.6. The van der Waals surface area contributed by atoms with Crippen molar-refractivity contribution in [1.82, 2.24) is 15.1 Å². The molecule has 1 spiro atoms. The molecule has 1 aliphatic carbocycles. The number of nitrogen functional groups attached to an aromatic ring is 1. The SMILES string of the molecule is Cl.Nc1ccc(CC(=O)N2CCCC3(CCc4cn[nH]c43)C2)cc1. The van der Waals surface area contributed by atoms with Gasteiger partial charge in [0, 0.05) is 29.9 Å². The molecule has 24 heavy (non-hydrogen) atoms. The Kier molecular flexibility index (Phi) is 4.54. The summed E-state index contributed by atoms with van der Waals surface area (Å²) in [4.78, 5) is 14.7. The number of benzene rings is 1. The summed E-state index contributed by atoms with van der Waals surface area (Å²) in [5.41, 5.74) is 10.2. The van der Waals surface area contributed by atoms with E-state index in [1.165, 1.54) is 11.3 Å². The van der Waals surface area contributed by atoms with Gasteiger partial charge >= 0.3 is 0 Å². The van der Waals surface area contributed by atoms with Gasteiger partial charge in [0.15, 0.2) is 0 Å². The molecule has 0 radical (unpaired) electrons. The first-order valence-corrected chi connectivity index (χ1v) is 8.31. The summed E-state index contributed by atoms with van der Waals surface area (Å²) in [6, 6.07) is 7.59. The highest BCUT2D eigenvalue weighted by Gasteiger charge is 2.44. The summed E-state index contributed by atoms with van der Waals surface area (Å²) >= 11 is 0. The maximum Gasteiger partial charge on any atom is 0.227 e. The number of rotatable bonds is 2. The summed E-state index contributed by atoms with van der Waals surface area (Å²) in [5.74, 6) is 0.210. The third-order valence-electron chi connectivity index (χ3n) is 5.39. The number of carbonyl (C=O) groups excluding carboxylic acids is 1. The van der Waals surface area contributed by atoms with Crippen molar-refractivity contribution in [3.63, 3.8) is 0 Å². The molecule has 2 heterocycles. The highest BCUT2D eigenvalue weighted by Crippen LogP contribution is 2.43. The number of nitrogens with zero attached hydrogens (tertiary/aromatic N) is 2. The summed E-state index contributed by atoms with van der Waals surface area (Å²) in [7, 11) is 0. The molecular weight excluding hydrogens is 324 g/mol. The third-order valence-corrected chi connectivity index (χ3v) is 5.39. The largest absolute Gasteiger partial charge is 0.399 e. The molecule has 1 fully saturated rings. The van der Waals surface area contributed by atoms with Crippen LogP contribution < -0.4 is 5.73 Å². The molecule has 1 aromatic heterocycles. The predicted molar refractivity (Wildman–Crippen MR) is 96.2 cm³/mol. The molecule has 5 nitrogen and oxygen atoms in total. The number of hydrogen-bond donors (Lipinski definition) is 2. The van der Waals surface area contributed by atoms with E-state index in [0.29, 0.717) is 6.42 Å². The van der Waals surface area contributed by atoms with E-state index in [0.717, 1.165) is 50.0 Å². The Balaban J connectivity index is 0.00000169. The fourth-order valence-electron chi connectivity index (χ4n) is 4.13. The van der Waals surface area contributed by atoms with Crippen LogP contribution in [0.25, 0.3) is 0 Å². The van der Waals surface area contributed by atoms with E-state index >= 15 is 0 Å². The van der Waals surface area contributed by atoms with E-state index in [4.69, 9.17) is 5.73 Å². The molecule has 1 saturated heterocycles. The van der Waals surface area contributed by atoms with E-state index < -0.39 is 0 Å². The summed E-state index contributed by atoms with van der Waals surface area (Å²) in [6.45, 7) is 1.68. The van der Waals surface area contributed by atoms with Crippen molar-refractivity contribution >= 4 is 24.0 Å². The van der Waals surface area contributed by atoms with Crippen LogP contribution in [0.5, 0.6) is 0 Å². The van der Waals surface area contributed by atoms with E-state index in [1.54, 1.807) is 0 Å². The van der Waals surface area contributed by atoms with Gasteiger partial charge in [-0.25, -0.2) is 0 Å². The summed E-state index contributed by atoms with van der Waals surface area (Å²) < 4.78 is 0. The van der Waals surface area contributed by atoms with E-state index in [-0.39, 0.29) is 23.7 Å². The van der Waals surface area contributed by atoms with Crippen molar-refractivity contribution in [3.05, 3.63) is 47.3 Å². The summed E-state index contributed by atoms with van der Waals surface area (Å²) in [6.07, 6.45) is 6.80. The van der Waals surface area contributed by atoms with Crippen LogP contribution in [0.15, 0.2) is 30.5 Å². The minimum Gasteiger partial charge on any atom is -0.399 e. The number of fused-ring (bicyclic) bond motifs is 2. The zero-order valence-corrected chi connectivity index (χ0v) is 14.4. The van der Waals surface area contributed by atoms with Crippen molar-refractivity contribution in [1.29, 1.82) is 0 Å². The van der Waals surface area contributed by atoms with Gasteiger partial charge in [-0.05, 0) is 48.9 Å². The average Bonchev–Trinajstić information content (AvgIpc) is 3.15. The van der Waals surface area contributed by atoms with Crippen LogP contribution in [-0.2, 0) is 23.1 Å². The van der Waals surface area contributed by atoms with E-state index in [2.05, 4.69) is 10.2 Å². The van der Waals surface area contributed by atoms with Crippen LogP contribution in [0.4, 0.5) is 5.69 Å². The molecule has 0 bridgehead atoms. The number of halogens is 1. The van der Waals surface area contributed by atoms with Crippen LogP contribution in [0.1, 0.15) is 36.1 Å². The highest BCUT2D eigenvalue weighted by molar-refractivity contribution is 5.85. The molecule has 128 valence electrons. The fraction of sp³-hybridized carbons (Fsp3) is 0.444. The molecule has 1 aromatic carbocycles. The topological polar surface area (TPSA) is 75.0 Å². The maximum atomic E-state index is 12.7. The number of H-pyrrole nitrogens is 1. The van der Waals surface area contributed by atoms with Crippen LogP contribution in [-0.4, -0.2) is 34.1 Å². The number of likely N-dealkylation sites (tertiary alicyclic amines) is 1.